The Hall–Kier alpha value is -2.76. The van der Waals surface area contributed by atoms with E-state index in [0.717, 1.165) is 5.56 Å². The Bertz CT molecular complexity index is 807. The first-order chi connectivity index (χ1) is 12.7. The van der Waals surface area contributed by atoms with Crippen LogP contribution in [0.3, 0.4) is 0 Å². The van der Waals surface area contributed by atoms with Gasteiger partial charge in [-0.2, -0.15) is 0 Å². The van der Waals surface area contributed by atoms with E-state index >= 15 is 0 Å². The lowest BCUT2D eigenvalue weighted by molar-refractivity contribution is -0.143. The molecule has 2 rings (SSSR count). The molecule has 1 aliphatic heterocycles. The Morgan fingerprint density at radius 2 is 1.74 bits per heavy atom. The number of carboxylic acids is 1. The second kappa shape index (κ2) is 8.29. The van der Waals surface area contributed by atoms with E-state index in [1.165, 1.54) is 0 Å². The van der Waals surface area contributed by atoms with Gasteiger partial charge in [0.1, 0.15) is 5.75 Å². The molecule has 27 heavy (non-hydrogen) atoms. The molecule has 0 aromatic heterocycles. The zero-order chi connectivity index (χ0) is 20.3. The SMILES string of the molecule is COc1cccc(C(C)C2C(C(=O)O)=C(C)NC(C)=C2C(=O)OC(C)C)c1. The maximum Gasteiger partial charge on any atom is 0.336 e. The Kier molecular flexibility index (Phi) is 6.31. The van der Waals surface area contributed by atoms with Crippen LogP contribution < -0.4 is 10.1 Å². The number of benzene rings is 1. The molecule has 2 N–H and O–H groups in total. The Morgan fingerprint density at radius 3 is 2.30 bits per heavy atom. The molecule has 0 spiro atoms. The quantitative estimate of drug-likeness (QED) is 0.741. The average Bonchev–Trinajstić information content (AvgIpc) is 2.59. The molecular weight excluding hydrogens is 346 g/mol. The summed E-state index contributed by atoms with van der Waals surface area (Å²) in [6.07, 6.45) is -0.300. The summed E-state index contributed by atoms with van der Waals surface area (Å²) in [5.41, 5.74) is 2.55. The van der Waals surface area contributed by atoms with Crippen LogP contribution in [0, 0.1) is 5.92 Å². The molecule has 6 heteroatoms. The largest absolute Gasteiger partial charge is 0.497 e. The minimum absolute atomic E-state index is 0.173. The summed E-state index contributed by atoms with van der Waals surface area (Å²) in [6.45, 7) is 8.93. The van der Waals surface area contributed by atoms with Gasteiger partial charge in [0.25, 0.3) is 0 Å². The summed E-state index contributed by atoms with van der Waals surface area (Å²) in [4.78, 5) is 24.8. The average molecular weight is 373 g/mol. The topological polar surface area (TPSA) is 84.9 Å². The molecule has 0 fully saturated rings. The van der Waals surface area contributed by atoms with Gasteiger partial charge < -0.3 is 19.9 Å². The van der Waals surface area contributed by atoms with Crippen molar-refractivity contribution in [1.29, 1.82) is 0 Å². The molecule has 0 radical (unpaired) electrons. The van der Waals surface area contributed by atoms with E-state index in [9.17, 15) is 14.7 Å². The fraction of sp³-hybridized carbons (Fsp3) is 0.429. The molecule has 0 amide bonds. The van der Waals surface area contributed by atoms with Crippen molar-refractivity contribution in [1.82, 2.24) is 5.32 Å². The third-order valence-corrected chi connectivity index (χ3v) is 4.72. The van der Waals surface area contributed by atoms with Crippen molar-refractivity contribution in [3.05, 3.63) is 52.4 Å². The van der Waals surface area contributed by atoms with E-state index in [1.807, 2.05) is 31.2 Å². The van der Waals surface area contributed by atoms with Gasteiger partial charge in [0.2, 0.25) is 0 Å². The van der Waals surface area contributed by atoms with Crippen LogP contribution in [-0.4, -0.2) is 30.3 Å². The molecule has 0 saturated carbocycles. The van der Waals surface area contributed by atoms with Crippen LogP contribution in [0.2, 0.25) is 0 Å². The predicted octanol–water partition coefficient (Wildman–Crippen LogP) is 3.60. The van der Waals surface area contributed by atoms with E-state index in [1.54, 1.807) is 34.8 Å². The number of carbonyl (C=O) groups excluding carboxylic acids is 1. The summed E-state index contributed by atoms with van der Waals surface area (Å²) in [5, 5.41) is 12.9. The highest BCUT2D eigenvalue weighted by atomic mass is 16.5. The summed E-state index contributed by atoms with van der Waals surface area (Å²) < 4.78 is 10.7. The van der Waals surface area contributed by atoms with Crippen LogP contribution in [0.5, 0.6) is 5.75 Å². The van der Waals surface area contributed by atoms with Crippen LogP contribution in [-0.2, 0) is 14.3 Å². The molecule has 1 aliphatic rings. The van der Waals surface area contributed by atoms with Gasteiger partial charge in [0.15, 0.2) is 0 Å². The molecule has 0 saturated heterocycles. The number of carbonyl (C=O) groups is 2. The highest BCUT2D eigenvalue weighted by Crippen LogP contribution is 2.41. The third-order valence-electron chi connectivity index (χ3n) is 4.72. The van der Waals surface area contributed by atoms with Crippen LogP contribution in [0.1, 0.15) is 46.1 Å². The highest BCUT2D eigenvalue weighted by molar-refractivity contribution is 5.97. The van der Waals surface area contributed by atoms with Gasteiger partial charge in [-0.3, -0.25) is 0 Å². The fourth-order valence-corrected chi connectivity index (χ4v) is 3.50. The van der Waals surface area contributed by atoms with E-state index in [2.05, 4.69) is 5.32 Å². The first kappa shape index (κ1) is 20.6. The van der Waals surface area contributed by atoms with Crippen molar-refractivity contribution in [3.8, 4) is 5.75 Å². The number of esters is 1. The molecular formula is C21H27NO5. The number of methoxy groups -OCH3 is 1. The molecule has 2 unspecified atom stereocenters. The first-order valence-corrected chi connectivity index (χ1v) is 8.94. The number of rotatable bonds is 6. The van der Waals surface area contributed by atoms with Crippen molar-refractivity contribution in [2.75, 3.05) is 7.11 Å². The number of hydrogen-bond donors (Lipinski definition) is 2. The van der Waals surface area contributed by atoms with Crippen LogP contribution >= 0.6 is 0 Å². The van der Waals surface area contributed by atoms with E-state index in [-0.39, 0.29) is 17.6 Å². The number of dihydropyridines is 1. The second-order valence-corrected chi connectivity index (χ2v) is 7.00. The third kappa shape index (κ3) is 4.32. The van der Waals surface area contributed by atoms with Gasteiger partial charge >= 0.3 is 11.9 Å². The monoisotopic (exact) mass is 373 g/mol. The molecule has 6 nitrogen and oxygen atoms in total. The zero-order valence-corrected chi connectivity index (χ0v) is 16.6. The Morgan fingerprint density at radius 1 is 1.11 bits per heavy atom. The predicted molar refractivity (Wildman–Crippen MR) is 102 cm³/mol. The number of hydrogen-bond acceptors (Lipinski definition) is 5. The summed E-state index contributed by atoms with van der Waals surface area (Å²) in [6, 6.07) is 7.45. The fourth-order valence-electron chi connectivity index (χ4n) is 3.50. The van der Waals surface area contributed by atoms with E-state index < -0.39 is 17.9 Å². The molecule has 1 heterocycles. The molecule has 0 bridgehead atoms. The highest BCUT2D eigenvalue weighted by Gasteiger charge is 2.40. The number of carboxylic acid groups (broad SMARTS) is 1. The van der Waals surface area contributed by atoms with Crippen LogP contribution in [0.15, 0.2) is 46.8 Å². The Labute approximate surface area is 159 Å². The van der Waals surface area contributed by atoms with Crippen molar-refractivity contribution in [2.24, 2.45) is 5.92 Å². The minimum Gasteiger partial charge on any atom is -0.497 e. The summed E-state index contributed by atoms with van der Waals surface area (Å²) in [5.74, 6) is -1.78. The van der Waals surface area contributed by atoms with E-state index in [0.29, 0.717) is 22.7 Å². The molecule has 146 valence electrons. The van der Waals surface area contributed by atoms with Gasteiger partial charge in [-0.1, -0.05) is 19.1 Å². The van der Waals surface area contributed by atoms with Crippen molar-refractivity contribution in [2.45, 2.75) is 46.6 Å². The zero-order valence-electron chi connectivity index (χ0n) is 16.6. The summed E-state index contributed by atoms with van der Waals surface area (Å²) in [7, 11) is 1.58. The smallest absolute Gasteiger partial charge is 0.336 e. The number of aliphatic carboxylic acids is 1. The first-order valence-electron chi connectivity index (χ1n) is 8.94. The molecule has 0 aliphatic carbocycles. The van der Waals surface area contributed by atoms with Crippen molar-refractivity contribution < 1.29 is 24.2 Å². The van der Waals surface area contributed by atoms with Crippen LogP contribution in [0.4, 0.5) is 0 Å². The second-order valence-electron chi connectivity index (χ2n) is 7.00. The molecule has 1 aromatic carbocycles. The number of nitrogens with one attached hydrogen (secondary N) is 1. The van der Waals surface area contributed by atoms with E-state index in [4.69, 9.17) is 9.47 Å². The lowest BCUT2D eigenvalue weighted by atomic mass is 9.74. The molecule has 1 aromatic rings. The van der Waals surface area contributed by atoms with Gasteiger partial charge in [-0.15, -0.1) is 0 Å². The van der Waals surface area contributed by atoms with Gasteiger partial charge in [0, 0.05) is 17.3 Å². The Balaban J connectivity index is 2.59. The minimum atomic E-state index is -1.05. The van der Waals surface area contributed by atoms with Crippen molar-refractivity contribution >= 4 is 11.9 Å². The maximum atomic E-state index is 12.8. The van der Waals surface area contributed by atoms with Gasteiger partial charge in [-0.25, -0.2) is 9.59 Å². The number of allylic oxidation sites excluding steroid dienone is 2. The molecule has 2 atom stereocenters. The lowest BCUT2D eigenvalue weighted by Gasteiger charge is -2.33. The number of ether oxygens (including phenoxy) is 2. The maximum absolute atomic E-state index is 12.8. The lowest BCUT2D eigenvalue weighted by Crippen LogP contribution is -2.35. The normalized spacial score (nSPS) is 18.3. The van der Waals surface area contributed by atoms with Gasteiger partial charge in [0.05, 0.1) is 24.4 Å². The standard InChI is InChI=1S/C21H27NO5/c1-11(2)27-21(25)19-14(5)22-13(4)18(20(23)24)17(19)12(3)15-8-7-9-16(10-15)26-6/h7-12,17,22H,1-6H3,(H,23,24). The van der Waals surface area contributed by atoms with Gasteiger partial charge in [-0.05, 0) is 51.3 Å². The van der Waals surface area contributed by atoms with Crippen molar-refractivity contribution in [3.63, 3.8) is 0 Å². The summed E-state index contributed by atoms with van der Waals surface area (Å²) >= 11 is 0. The van der Waals surface area contributed by atoms with Crippen LogP contribution in [0.25, 0.3) is 0 Å².